The van der Waals surface area contributed by atoms with Crippen molar-refractivity contribution in [1.29, 1.82) is 0 Å². The van der Waals surface area contributed by atoms with Gasteiger partial charge >= 0.3 is 6.03 Å². The Labute approximate surface area is 184 Å². The second kappa shape index (κ2) is 7.58. The third kappa shape index (κ3) is 3.31. The molecule has 1 aromatic carbocycles. The van der Waals surface area contributed by atoms with Gasteiger partial charge in [0.05, 0.1) is 17.6 Å². The van der Waals surface area contributed by atoms with Crippen molar-refractivity contribution >= 4 is 39.3 Å². The average Bonchev–Trinajstić information content (AvgIpc) is 3.26. The summed E-state index contributed by atoms with van der Waals surface area (Å²) in [6.07, 6.45) is 0.710. The molecule has 0 bridgehead atoms. The first kappa shape index (κ1) is 20.4. The van der Waals surface area contributed by atoms with Gasteiger partial charge in [0.25, 0.3) is 11.8 Å². The number of morpholine rings is 1. The van der Waals surface area contributed by atoms with Crippen LogP contribution in [0.2, 0.25) is 0 Å². The Balaban J connectivity index is 1.42. The van der Waals surface area contributed by atoms with Gasteiger partial charge in [-0.05, 0) is 31.3 Å². The van der Waals surface area contributed by atoms with E-state index in [9.17, 15) is 14.4 Å². The zero-order chi connectivity index (χ0) is 21.8. The van der Waals surface area contributed by atoms with E-state index in [4.69, 9.17) is 4.74 Å². The van der Waals surface area contributed by atoms with Crippen molar-refractivity contribution in [3.63, 3.8) is 0 Å². The molecule has 0 radical (unpaired) electrons. The van der Waals surface area contributed by atoms with Crippen molar-refractivity contribution in [3.05, 3.63) is 34.7 Å². The summed E-state index contributed by atoms with van der Waals surface area (Å²) in [4.78, 5) is 44.0. The fourth-order valence-corrected chi connectivity index (χ4v) is 6.05. The number of hydrogen-bond donors (Lipinski definition) is 1. The largest absolute Gasteiger partial charge is 0.371 e. The van der Waals surface area contributed by atoms with Crippen LogP contribution in [0.15, 0.2) is 24.3 Å². The van der Waals surface area contributed by atoms with Crippen molar-refractivity contribution in [2.45, 2.75) is 24.5 Å². The van der Waals surface area contributed by atoms with E-state index in [1.54, 1.807) is 0 Å². The maximum atomic E-state index is 13.6. The highest BCUT2D eigenvalue weighted by atomic mass is 32.1. The number of nitrogens with one attached hydrogen (secondary N) is 1. The van der Waals surface area contributed by atoms with Crippen molar-refractivity contribution < 1.29 is 19.1 Å². The number of ether oxygens (including phenoxy) is 1. The van der Waals surface area contributed by atoms with Gasteiger partial charge in [-0.3, -0.25) is 14.5 Å². The molecule has 0 saturated carbocycles. The summed E-state index contributed by atoms with van der Waals surface area (Å²) in [7, 11) is 3.56. The number of hydrogen-bond acceptors (Lipinski definition) is 6. The van der Waals surface area contributed by atoms with Gasteiger partial charge in [-0.1, -0.05) is 18.2 Å². The Bertz CT molecular complexity index is 1060. The van der Waals surface area contributed by atoms with E-state index < -0.39 is 5.54 Å². The lowest BCUT2D eigenvalue weighted by Gasteiger charge is -2.37. The molecule has 31 heavy (non-hydrogen) atoms. The normalized spacial score (nSPS) is 24.3. The van der Waals surface area contributed by atoms with Crippen LogP contribution in [0.3, 0.4) is 0 Å². The third-order valence-electron chi connectivity index (χ3n) is 6.69. The van der Waals surface area contributed by atoms with E-state index in [0.29, 0.717) is 32.5 Å². The Hall–Kier alpha value is -2.49. The van der Waals surface area contributed by atoms with Gasteiger partial charge < -0.3 is 19.9 Å². The van der Waals surface area contributed by atoms with Gasteiger partial charge in [-0.15, -0.1) is 11.3 Å². The summed E-state index contributed by atoms with van der Waals surface area (Å²) in [6, 6.07) is 7.72. The number of likely N-dealkylation sites (N-methyl/N-ethyl adjacent to an activating group) is 2. The van der Waals surface area contributed by atoms with Gasteiger partial charge in [0.2, 0.25) is 0 Å². The van der Waals surface area contributed by atoms with Crippen LogP contribution >= 0.6 is 11.3 Å². The zero-order valence-corrected chi connectivity index (χ0v) is 18.5. The molecule has 3 saturated heterocycles. The van der Waals surface area contributed by atoms with Crippen molar-refractivity contribution in [2.75, 3.05) is 46.9 Å². The monoisotopic (exact) mass is 442 g/mol. The molecule has 1 aromatic heterocycles. The van der Waals surface area contributed by atoms with Crippen LogP contribution < -0.4 is 5.32 Å². The van der Waals surface area contributed by atoms with Crippen molar-refractivity contribution in [1.82, 2.24) is 20.0 Å². The zero-order valence-electron chi connectivity index (χ0n) is 17.7. The summed E-state index contributed by atoms with van der Waals surface area (Å²) in [5.74, 6) is -0.223. The molecule has 3 fully saturated rings. The fraction of sp³-hybridized carbons (Fsp3) is 0.500. The van der Waals surface area contributed by atoms with Crippen molar-refractivity contribution in [3.8, 4) is 0 Å². The van der Waals surface area contributed by atoms with E-state index in [1.165, 1.54) is 18.4 Å². The minimum Gasteiger partial charge on any atom is -0.371 e. The molecule has 4 amide bonds. The predicted octanol–water partition coefficient (Wildman–Crippen LogP) is 2.06. The molecule has 9 heteroatoms. The van der Waals surface area contributed by atoms with Crippen LogP contribution in [0, 0.1) is 0 Å². The summed E-state index contributed by atoms with van der Waals surface area (Å²) < 4.78 is 7.16. The Kier molecular flexibility index (Phi) is 4.99. The maximum Gasteiger partial charge on any atom is 0.324 e. The predicted molar refractivity (Wildman–Crippen MR) is 117 cm³/mol. The van der Waals surface area contributed by atoms with Gasteiger partial charge in [-0.25, -0.2) is 4.79 Å². The van der Waals surface area contributed by atoms with E-state index >= 15 is 0 Å². The first-order valence-corrected chi connectivity index (χ1v) is 11.4. The summed E-state index contributed by atoms with van der Waals surface area (Å²) in [6.45, 7) is 3.12. The highest BCUT2D eigenvalue weighted by Crippen LogP contribution is 2.39. The molecule has 3 aliphatic heterocycles. The smallest absolute Gasteiger partial charge is 0.324 e. The number of imide groups is 1. The Morgan fingerprint density at radius 2 is 1.90 bits per heavy atom. The number of carbonyl (C=O) groups excluding carboxylic acids is 3. The van der Waals surface area contributed by atoms with Crippen molar-refractivity contribution in [2.24, 2.45) is 0 Å². The Morgan fingerprint density at radius 3 is 2.58 bits per heavy atom. The lowest BCUT2D eigenvalue weighted by Crippen LogP contribution is -2.55. The van der Waals surface area contributed by atoms with E-state index in [1.807, 2.05) is 23.1 Å². The molecule has 5 rings (SSSR count). The number of amides is 4. The lowest BCUT2D eigenvalue weighted by molar-refractivity contribution is -0.131. The molecule has 1 unspecified atom stereocenters. The number of piperidine rings is 1. The fourth-order valence-electron chi connectivity index (χ4n) is 4.83. The van der Waals surface area contributed by atoms with E-state index in [0.717, 1.165) is 38.5 Å². The molecule has 1 N–H and O–H groups in total. The van der Waals surface area contributed by atoms with Gasteiger partial charge in [0.15, 0.2) is 0 Å². The van der Waals surface area contributed by atoms with Gasteiger partial charge in [0.1, 0.15) is 5.54 Å². The van der Waals surface area contributed by atoms with E-state index in [2.05, 4.69) is 23.3 Å². The number of nitrogens with zero attached hydrogens (tertiary/aromatic N) is 3. The number of rotatable bonds is 2. The molecule has 8 nitrogen and oxygen atoms in total. The maximum absolute atomic E-state index is 13.6. The van der Waals surface area contributed by atoms with Gasteiger partial charge in [0, 0.05) is 43.5 Å². The van der Waals surface area contributed by atoms with Crippen LogP contribution in [0.25, 0.3) is 10.1 Å². The lowest BCUT2D eigenvalue weighted by atomic mass is 9.87. The summed E-state index contributed by atoms with van der Waals surface area (Å²) >= 11 is 1.51. The number of carbonyl (C=O) groups is 3. The van der Waals surface area contributed by atoms with Gasteiger partial charge in [-0.2, -0.15) is 0 Å². The highest BCUT2D eigenvalue weighted by molar-refractivity contribution is 7.21. The third-order valence-corrected chi connectivity index (χ3v) is 7.86. The second-order valence-electron chi connectivity index (χ2n) is 8.63. The SMILES string of the molecule is CN1CCOC(c2c(C(=O)N3CCC4(CC3)NC(=O)N(C)C4=O)sc3ccccc23)C1. The molecular formula is C22H26N4O4S. The number of thiophene rings is 1. The quantitative estimate of drug-likeness (QED) is 0.720. The molecular weight excluding hydrogens is 416 g/mol. The average molecular weight is 443 g/mol. The second-order valence-corrected chi connectivity index (χ2v) is 9.68. The molecule has 164 valence electrons. The van der Waals surface area contributed by atoms with Crippen LogP contribution in [0.5, 0.6) is 0 Å². The number of fused-ring (bicyclic) bond motifs is 1. The Morgan fingerprint density at radius 1 is 1.16 bits per heavy atom. The minimum atomic E-state index is -0.874. The minimum absolute atomic E-state index is 0.0204. The summed E-state index contributed by atoms with van der Waals surface area (Å²) in [5, 5.41) is 3.91. The topological polar surface area (TPSA) is 82.2 Å². The van der Waals surface area contributed by atoms with Crippen LogP contribution in [0.1, 0.15) is 34.2 Å². The van der Waals surface area contributed by atoms with Crippen LogP contribution in [-0.2, 0) is 9.53 Å². The molecule has 1 spiro atoms. The van der Waals surface area contributed by atoms with Crippen LogP contribution in [-0.4, -0.2) is 85.0 Å². The number of benzene rings is 1. The molecule has 3 aliphatic rings. The molecule has 1 atom stereocenters. The standard InChI is InChI=1S/C22H26N4O4S/c1-24-11-12-30-15(13-24)17-14-5-3-4-6-16(14)31-18(17)19(27)26-9-7-22(8-10-26)20(28)25(2)21(29)23-22/h3-6,15H,7-13H2,1-2H3,(H,23,29). The first-order chi connectivity index (χ1) is 14.9. The molecule has 4 heterocycles. The number of urea groups is 1. The summed E-state index contributed by atoms with van der Waals surface area (Å²) in [5.41, 5.74) is 0.100. The van der Waals surface area contributed by atoms with Crippen LogP contribution in [0.4, 0.5) is 4.79 Å². The first-order valence-electron chi connectivity index (χ1n) is 10.6. The highest BCUT2D eigenvalue weighted by Gasteiger charge is 2.51. The van der Waals surface area contributed by atoms with E-state index in [-0.39, 0.29) is 23.9 Å². The number of likely N-dealkylation sites (tertiary alicyclic amines) is 1. The molecule has 0 aliphatic carbocycles. The molecule has 2 aromatic rings.